The van der Waals surface area contributed by atoms with Gasteiger partial charge in [-0.1, -0.05) is 38.8 Å². The number of nitrogens with one attached hydrogen (secondary N) is 1. The van der Waals surface area contributed by atoms with Gasteiger partial charge in [-0.25, -0.2) is 0 Å². The molecule has 0 aliphatic heterocycles. The Morgan fingerprint density at radius 1 is 1.15 bits per heavy atom. The Hall–Kier alpha value is -1.42. The average Bonchev–Trinajstić information content (AvgIpc) is 2.39. The molecule has 0 saturated carbocycles. The SMILES string of the molecule is CC(C)CCCC(C)NCCc1ccc([N+](=O)[O-])cc1. The molecule has 4 heteroatoms. The van der Waals surface area contributed by atoms with Crippen LogP contribution in [0.5, 0.6) is 0 Å². The fourth-order valence-electron chi connectivity index (χ4n) is 2.18. The van der Waals surface area contributed by atoms with Gasteiger partial charge in [0.2, 0.25) is 0 Å². The van der Waals surface area contributed by atoms with Gasteiger partial charge < -0.3 is 5.32 Å². The van der Waals surface area contributed by atoms with Gasteiger partial charge in [-0.15, -0.1) is 0 Å². The van der Waals surface area contributed by atoms with Gasteiger partial charge in [0.1, 0.15) is 0 Å². The molecule has 1 N–H and O–H groups in total. The zero-order chi connectivity index (χ0) is 15.0. The summed E-state index contributed by atoms with van der Waals surface area (Å²) in [6.07, 6.45) is 4.67. The number of nitro groups is 1. The molecule has 20 heavy (non-hydrogen) atoms. The molecule has 0 saturated heterocycles. The first-order chi connectivity index (χ1) is 9.49. The van der Waals surface area contributed by atoms with Gasteiger partial charge in [0.25, 0.3) is 5.69 Å². The first kappa shape index (κ1) is 16.6. The zero-order valence-electron chi connectivity index (χ0n) is 12.8. The van der Waals surface area contributed by atoms with Crippen LogP contribution in [0.1, 0.15) is 45.6 Å². The maximum absolute atomic E-state index is 10.6. The number of nitrogens with zero attached hydrogens (tertiary/aromatic N) is 1. The van der Waals surface area contributed by atoms with Gasteiger partial charge in [-0.2, -0.15) is 0 Å². The molecule has 1 unspecified atom stereocenters. The second-order valence-corrected chi connectivity index (χ2v) is 5.85. The normalized spacial score (nSPS) is 12.6. The molecule has 0 aromatic heterocycles. The summed E-state index contributed by atoms with van der Waals surface area (Å²) in [5.41, 5.74) is 1.29. The van der Waals surface area contributed by atoms with Crippen molar-refractivity contribution >= 4 is 5.69 Å². The highest BCUT2D eigenvalue weighted by molar-refractivity contribution is 5.32. The molecule has 1 aromatic rings. The maximum Gasteiger partial charge on any atom is 0.269 e. The van der Waals surface area contributed by atoms with E-state index >= 15 is 0 Å². The van der Waals surface area contributed by atoms with Crippen molar-refractivity contribution in [1.29, 1.82) is 0 Å². The van der Waals surface area contributed by atoms with Crippen LogP contribution in [-0.2, 0) is 6.42 Å². The minimum atomic E-state index is -0.362. The van der Waals surface area contributed by atoms with E-state index in [1.54, 1.807) is 12.1 Å². The third kappa shape index (κ3) is 6.66. The Kier molecular flexibility index (Phi) is 7.23. The van der Waals surface area contributed by atoms with Crippen molar-refractivity contribution in [2.24, 2.45) is 5.92 Å². The lowest BCUT2D eigenvalue weighted by molar-refractivity contribution is -0.384. The van der Waals surface area contributed by atoms with Gasteiger partial charge in [0, 0.05) is 18.2 Å². The Labute approximate surface area is 121 Å². The summed E-state index contributed by atoms with van der Waals surface area (Å²) in [6.45, 7) is 7.65. The Morgan fingerprint density at radius 3 is 2.35 bits per heavy atom. The van der Waals surface area contributed by atoms with E-state index < -0.39 is 0 Å². The highest BCUT2D eigenvalue weighted by Gasteiger charge is 2.05. The summed E-state index contributed by atoms with van der Waals surface area (Å²) >= 11 is 0. The van der Waals surface area contributed by atoms with Crippen molar-refractivity contribution in [1.82, 2.24) is 5.32 Å². The standard InChI is InChI=1S/C16H26N2O2/c1-13(2)5-4-6-14(3)17-12-11-15-7-9-16(10-8-15)18(19)20/h7-10,13-14,17H,4-6,11-12H2,1-3H3. The summed E-state index contributed by atoms with van der Waals surface area (Å²) in [4.78, 5) is 10.2. The molecule has 0 aliphatic carbocycles. The minimum absolute atomic E-state index is 0.156. The van der Waals surface area contributed by atoms with Gasteiger partial charge in [0.15, 0.2) is 0 Å². The van der Waals surface area contributed by atoms with Crippen molar-refractivity contribution in [3.63, 3.8) is 0 Å². The fourth-order valence-corrected chi connectivity index (χ4v) is 2.18. The van der Waals surface area contributed by atoms with Crippen LogP contribution in [0.2, 0.25) is 0 Å². The molecular formula is C16H26N2O2. The topological polar surface area (TPSA) is 55.2 Å². The average molecular weight is 278 g/mol. The van der Waals surface area contributed by atoms with E-state index in [1.165, 1.54) is 19.3 Å². The predicted octanol–water partition coefficient (Wildman–Crippen LogP) is 3.94. The van der Waals surface area contributed by atoms with E-state index in [2.05, 4.69) is 26.1 Å². The molecule has 0 bridgehead atoms. The number of hydrogen-bond donors (Lipinski definition) is 1. The number of hydrogen-bond acceptors (Lipinski definition) is 3. The molecule has 0 amide bonds. The Morgan fingerprint density at radius 2 is 1.80 bits per heavy atom. The smallest absolute Gasteiger partial charge is 0.269 e. The van der Waals surface area contributed by atoms with E-state index in [4.69, 9.17) is 0 Å². The van der Waals surface area contributed by atoms with Crippen LogP contribution in [0, 0.1) is 16.0 Å². The zero-order valence-corrected chi connectivity index (χ0v) is 12.8. The van der Waals surface area contributed by atoms with Gasteiger partial charge in [-0.3, -0.25) is 10.1 Å². The Bertz CT molecular complexity index is 401. The lowest BCUT2D eigenvalue weighted by atomic mass is 10.0. The third-order valence-electron chi connectivity index (χ3n) is 3.47. The molecule has 112 valence electrons. The number of nitro benzene ring substituents is 1. The lowest BCUT2D eigenvalue weighted by Gasteiger charge is -2.14. The summed E-state index contributed by atoms with van der Waals surface area (Å²) in [5, 5.41) is 14.1. The summed E-state index contributed by atoms with van der Waals surface area (Å²) in [5.74, 6) is 0.780. The molecule has 0 spiro atoms. The van der Waals surface area contributed by atoms with Crippen molar-refractivity contribution in [2.45, 2.75) is 52.5 Å². The summed E-state index contributed by atoms with van der Waals surface area (Å²) in [7, 11) is 0. The third-order valence-corrected chi connectivity index (χ3v) is 3.47. The van der Waals surface area contributed by atoms with Crippen LogP contribution in [0.3, 0.4) is 0 Å². The second kappa shape index (κ2) is 8.69. The first-order valence-electron chi connectivity index (χ1n) is 7.45. The lowest BCUT2D eigenvalue weighted by Crippen LogP contribution is -2.28. The number of benzene rings is 1. The Balaban J connectivity index is 2.21. The van der Waals surface area contributed by atoms with Crippen molar-refractivity contribution in [3.8, 4) is 0 Å². The number of non-ortho nitro benzene ring substituents is 1. The van der Waals surface area contributed by atoms with Gasteiger partial charge in [-0.05, 0) is 37.8 Å². The fraction of sp³-hybridized carbons (Fsp3) is 0.625. The van der Waals surface area contributed by atoms with Gasteiger partial charge >= 0.3 is 0 Å². The minimum Gasteiger partial charge on any atom is -0.314 e. The molecule has 4 nitrogen and oxygen atoms in total. The molecule has 0 fully saturated rings. The van der Waals surface area contributed by atoms with Crippen molar-refractivity contribution < 1.29 is 4.92 Å². The largest absolute Gasteiger partial charge is 0.314 e. The first-order valence-corrected chi connectivity index (χ1v) is 7.45. The van der Waals surface area contributed by atoms with Crippen LogP contribution in [-0.4, -0.2) is 17.5 Å². The highest BCUT2D eigenvalue weighted by atomic mass is 16.6. The molecular weight excluding hydrogens is 252 g/mol. The van der Waals surface area contributed by atoms with Crippen molar-refractivity contribution in [3.05, 3.63) is 39.9 Å². The molecule has 0 heterocycles. The van der Waals surface area contributed by atoms with Crippen molar-refractivity contribution in [2.75, 3.05) is 6.54 Å². The maximum atomic E-state index is 10.6. The monoisotopic (exact) mass is 278 g/mol. The van der Waals surface area contributed by atoms with E-state index in [-0.39, 0.29) is 10.6 Å². The number of rotatable bonds is 9. The quantitative estimate of drug-likeness (QED) is 0.550. The molecule has 0 aliphatic rings. The summed E-state index contributed by atoms with van der Waals surface area (Å²) < 4.78 is 0. The molecule has 1 atom stereocenters. The van der Waals surface area contributed by atoms with Gasteiger partial charge in [0.05, 0.1) is 4.92 Å². The predicted molar refractivity (Wildman–Crippen MR) is 83.0 cm³/mol. The second-order valence-electron chi connectivity index (χ2n) is 5.85. The summed E-state index contributed by atoms with van der Waals surface area (Å²) in [6, 6.07) is 7.35. The van der Waals surface area contributed by atoms with Crippen LogP contribution in [0.25, 0.3) is 0 Å². The molecule has 1 rings (SSSR count). The van der Waals surface area contributed by atoms with Crippen LogP contribution < -0.4 is 5.32 Å². The van der Waals surface area contributed by atoms with E-state index in [0.29, 0.717) is 6.04 Å². The van der Waals surface area contributed by atoms with E-state index in [1.807, 2.05) is 12.1 Å². The molecule has 0 radical (unpaired) electrons. The van der Waals surface area contributed by atoms with Crippen LogP contribution in [0.15, 0.2) is 24.3 Å². The molecule has 1 aromatic carbocycles. The highest BCUT2D eigenvalue weighted by Crippen LogP contribution is 2.12. The van der Waals surface area contributed by atoms with E-state index in [0.717, 1.165) is 24.4 Å². The van der Waals surface area contributed by atoms with E-state index in [9.17, 15) is 10.1 Å². The van der Waals surface area contributed by atoms with Crippen LogP contribution >= 0.6 is 0 Å². The van der Waals surface area contributed by atoms with Crippen LogP contribution in [0.4, 0.5) is 5.69 Å².